The lowest BCUT2D eigenvalue weighted by atomic mass is 10.0. The van der Waals surface area contributed by atoms with Gasteiger partial charge < -0.3 is 10.4 Å². The van der Waals surface area contributed by atoms with Crippen LogP contribution in [0.4, 0.5) is 4.39 Å². The summed E-state index contributed by atoms with van der Waals surface area (Å²) in [6.45, 7) is 0.0924. The molecule has 110 valence electrons. The van der Waals surface area contributed by atoms with E-state index in [1.165, 1.54) is 12.1 Å². The van der Waals surface area contributed by atoms with Crippen molar-refractivity contribution in [3.05, 3.63) is 47.8 Å². The molecular weight excluding hydrogens is 269 g/mol. The third-order valence-electron chi connectivity index (χ3n) is 4.33. The van der Waals surface area contributed by atoms with Crippen LogP contribution in [0.2, 0.25) is 0 Å². The highest BCUT2D eigenvalue weighted by Crippen LogP contribution is 2.26. The Morgan fingerprint density at radius 2 is 1.95 bits per heavy atom. The summed E-state index contributed by atoms with van der Waals surface area (Å²) in [7, 11) is 0. The maximum atomic E-state index is 13.8. The monoisotopic (exact) mass is 287 g/mol. The minimum absolute atomic E-state index is 0.00585. The number of hydrogen-bond donors (Lipinski definition) is 2. The first kappa shape index (κ1) is 14.0. The number of amides is 1. The van der Waals surface area contributed by atoms with Gasteiger partial charge in [0.05, 0.1) is 0 Å². The molecule has 3 nitrogen and oxygen atoms in total. The van der Waals surface area contributed by atoms with E-state index in [9.17, 15) is 14.3 Å². The zero-order valence-corrected chi connectivity index (χ0v) is 11.7. The number of halogens is 1. The Hall–Kier alpha value is -1.94. The molecule has 0 radical (unpaired) electrons. The van der Waals surface area contributed by atoms with Crippen molar-refractivity contribution in [2.45, 2.75) is 25.3 Å². The lowest BCUT2D eigenvalue weighted by molar-refractivity contribution is 0.0917. The van der Waals surface area contributed by atoms with Crippen molar-refractivity contribution in [1.82, 2.24) is 5.32 Å². The summed E-state index contributed by atoms with van der Waals surface area (Å²) in [5.41, 5.74) is 0.482. The molecule has 1 fully saturated rings. The first-order valence-electron chi connectivity index (χ1n) is 7.29. The van der Waals surface area contributed by atoms with Gasteiger partial charge in [-0.05, 0) is 30.4 Å². The summed E-state index contributed by atoms with van der Waals surface area (Å²) in [5, 5.41) is 13.4. The molecule has 4 heteroatoms. The van der Waals surface area contributed by atoms with Crippen LogP contribution in [0.25, 0.3) is 10.8 Å². The van der Waals surface area contributed by atoms with Crippen molar-refractivity contribution in [3.8, 4) is 0 Å². The van der Waals surface area contributed by atoms with Gasteiger partial charge in [-0.3, -0.25) is 4.79 Å². The molecule has 21 heavy (non-hydrogen) atoms. The van der Waals surface area contributed by atoms with E-state index < -0.39 is 0 Å². The van der Waals surface area contributed by atoms with Crippen molar-refractivity contribution < 1.29 is 14.3 Å². The van der Waals surface area contributed by atoms with Gasteiger partial charge in [0.2, 0.25) is 0 Å². The highest BCUT2D eigenvalue weighted by molar-refractivity contribution is 6.07. The standard InChI is InChI=1S/C17H18FNO2/c18-15-9-8-14(12-5-1-2-6-13(12)15)17(21)19-16-7-3-4-11(16)10-20/h1-2,5-6,8-9,11,16,20H,3-4,7,10H2,(H,19,21). The largest absolute Gasteiger partial charge is 0.396 e. The number of benzene rings is 2. The van der Waals surface area contributed by atoms with Crippen molar-refractivity contribution in [2.24, 2.45) is 5.92 Å². The Kier molecular flexibility index (Phi) is 3.88. The van der Waals surface area contributed by atoms with Gasteiger partial charge in [-0.2, -0.15) is 0 Å². The van der Waals surface area contributed by atoms with Crippen molar-refractivity contribution >= 4 is 16.7 Å². The van der Waals surface area contributed by atoms with Gasteiger partial charge in [0.15, 0.2) is 0 Å². The van der Waals surface area contributed by atoms with Crippen molar-refractivity contribution in [3.63, 3.8) is 0 Å². The second-order valence-electron chi connectivity index (χ2n) is 5.59. The number of nitrogens with one attached hydrogen (secondary N) is 1. The number of rotatable bonds is 3. The fraction of sp³-hybridized carbons (Fsp3) is 0.353. The molecule has 0 saturated heterocycles. The van der Waals surface area contributed by atoms with Crippen LogP contribution in [-0.4, -0.2) is 23.7 Å². The lowest BCUT2D eigenvalue weighted by Crippen LogP contribution is -2.38. The molecule has 2 aromatic rings. The third kappa shape index (κ3) is 2.63. The Bertz CT molecular complexity index is 671. The summed E-state index contributed by atoms with van der Waals surface area (Å²) in [5.74, 6) is -0.395. The van der Waals surface area contributed by atoms with Crippen LogP contribution >= 0.6 is 0 Å². The van der Waals surface area contributed by atoms with E-state index in [0.29, 0.717) is 16.3 Å². The van der Waals surface area contributed by atoms with E-state index in [0.717, 1.165) is 19.3 Å². The summed E-state index contributed by atoms with van der Waals surface area (Å²) in [6.07, 6.45) is 2.84. The molecule has 0 aliphatic heterocycles. The van der Waals surface area contributed by atoms with Crippen molar-refractivity contribution in [2.75, 3.05) is 6.61 Å². The van der Waals surface area contributed by atoms with E-state index in [1.54, 1.807) is 24.3 Å². The third-order valence-corrected chi connectivity index (χ3v) is 4.33. The maximum Gasteiger partial charge on any atom is 0.252 e. The maximum absolute atomic E-state index is 13.8. The minimum atomic E-state index is -0.323. The van der Waals surface area contributed by atoms with Gasteiger partial charge in [-0.15, -0.1) is 0 Å². The van der Waals surface area contributed by atoms with Gasteiger partial charge in [0.1, 0.15) is 5.82 Å². The molecule has 1 amide bonds. The molecule has 0 aromatic heterocycles. The van der Waals surface area contributed by atoms with Crippen LogP contribution in [0.15, 0.2) is 36.4 Å². The molecule has 2 atom stereocenters. The van der Waals surface area contributed by atoms with Gasteiger partial charge in [-0.25, -0.2) is 4.39 Å². The van der Waals surface area contributed by atoms with Gasteiger partial charge in [0.25, 0.3) is 5.91 Å². The summed E-state index contributed by atoms with van der Waals surface area (Å²) < 4.78 is 13.8. The molecule has 1 aliphatic carbocycles. The van der Waals surface area contributed by atoms with E-state index in [1.807, 2.05) is 0 Å². The van der Waals surface area contributed by atoms with E-state index >= 15 is 0 Å². The predicted octanol–water partition coefficient (Wildman–Crippen LogP) is 2.87. The molecule has 2 unspecified atom stereocenters. The smallest absolute Gasteiger partial charge is 0.252 e. The summed E-state index contributed by atoms with van der Waals surface area (Å²) >= 11 is 0. The van der Waals surface area contributed by atoms with Gasteiger partial charge in [-0.1, -0.05) is 30.7 Å². The SMILES string of the molecule is O=C(NC1CCCC1CO)c1ccc(F)c2ccccc12. The summed E-state index contributed by atoms with van der Waals surface area (Å²) in [6, 6.07) is 9.84. The van der Waals surface area contributed by atoms with Crippen LogP contribution < -0.4 is 5.32 Å². The van der Waals surface area contributed by atoms with Crippen LogP contribution in [0, 0.1) is 11.7 Å². The van der Waals surface area contributed by atoms with E-state index in [4.69, 9.17) is 0 Å². The number of fused-ring (bicyclic) bond motifs is 1. The molecular formula is C17H18FNO2. The van der Waals surface area contributed by atoms with Crippen LogP contribution in [-0.2, 0) is 0 Å². The van der Waals surface area contributed by atoms with E-state index in [-0.39, 0.29) is 30.3 Å². The fourth-order valence-corrected chi connectivity index (χ4v) is 3.15. The fourth-order valence-electron chi connectivity index (χ4n) is 3.15. The Morgan fingerprint density at radius 1 is 1.19 bits per heavy atom. The normalized spacial score (nSPS) is 21.6. The molecule has 0 spiro atoms. The number of hydrogen-bond acceptors (Lipinski definition) is 2. The highest BCUT2D eigenvalue weighted by atomic mass is 19.1. The topological polar surface area (TPSA) is 49.3 Å². The number of aliphatic hydroxyl groups is 1. The second kappa shape index (κ2) is 5.82. The molecule has 2 aromatic carbocycles. The minimum Gasteiger partial charge on any atom is -0.396 e. The molecule has 3 rings (SSSR count). The average molecular weight is 287 g/mol. The quantitative estimate of drug-likeness (QED) is 0.912. The first-order chi connectivity index (χ1) is 10.2. The zero-order chi connectivity index (χ0) is 14.8. The van der Waals surface area contributed by atoms with Crippen LogP contribution in [0.3, 0.4) is 0 Å². The predicted molar refractivity (Wildman–Crippen MR) is 79.6 cm³/mol. The van der Waals surface area contributed by atoms with Crippen molar-refractivity contribution in [1.29, 1.82) is 0 Å². The molecule has 1 saturated carbocycles. The first-order valence-corrected chi connectivity index (χ1v) is 7.29. The van der Waals surface area contributed by atoms with Crippen LogP contribution in [0.1, 0.15) is 29.6 Å². The second-order valence-corrected chi connectivity index (χ2v) is 5.59. The highest BCUT2D eigenvalue weighted by Gasteiger charge is 2.28. The molecule has 0 heterocycles. The van der Waals surface area contributed by atoms with E-state index in [2.05, 4.69) is 5.32 Å². The lowest BCUT2D eigenvalue weighted by Gasteiger charge is -2.19. The molecule has 2 N–H and O–H groups in total. The van der Waals surface area contributed by atoms with Gasteiger partial charge in [0, 0.05) is 29.5 Å². The summed E-state index contributed by atoms with van der Waals surface area (Å²) in [4.78, 5) is 12.5. The van der Waals surface area contributed by atoms with Crippen LogP contribution in [0.5, 0.6) is 0 Å². The Labute approximate surface area is 122 Å². The number of carbonyl (C=O) groups excluding carboxylic acids is 1. The zero-order valence-electron chi connectivity index (χ0n) is 11.7. The Balaban J connectivity index is 1.90. The Morgan fingerprint density at radius 3 is 2.71 bits per heavy atom. The number of carbonyl (C=O) groups is 1. The number of aliphatic hydroxyl groups excluding tert-OH is 1. The molecule has 1 aliphatic rings. The average Bonchev–Trinajstić information content (AvgIpc) is 2.95. The van der Waals surface area contributed by atoms with Gasteiger partial charge >= 0.3 is 0 Å². The molecule has 0 bridgehead atoms.